The Bertz CT molecular complexity index is 1220. The SMILES string of the molecule is Nc1nc2sc(CCCCc3ccc(C(=O)N[C@@H](CCC(=O)O)C(=O)O)nc3)cc2c(=O)[nH]1. The number of H-pyrrole nitrogens is 1. The summed E-state index contributed by atoms with van der Waals surface area (Å²) in [5, 5.41) is 20.7. The second kappa shape index (κ2) is 10.7. The third kappa shape index (κ3) is 6.59. The molecule has 0 aliphatic heterocycles. The minimum atomic E-state index is -1.30. The highest BCUT2D eigenvalue weighted by Crippen LogP contribution is 2.23. The van der Waals surface area contributed by atoms with Crippen molar-refractivity contribution in [3.8, 4) is 0 Å². The van der Waals surface area contributed by atoms with E-state index in [2.05, 4.69) is 20.3 Å². The fourth-order valence-corrected chi connectivity index (χ4v) is 4.29. The number of hydrogen-bond acceptors (Lipinski definition) is 8. The molecular weight excluding hydrogens is 450 g/mol. The zero-order valence-electron chi connectivity index (χ0n) is 17.5. The number of nitrogen functional groups attached to an aromatic ring is 1. The number of rotatable bonds is 11. The Morgan fingerprint density at radius 2 is 1.94 bits per heavy atom. The van der Waals surface area contributed by atoms with Gasteiger partial charge in [0.05, 0.1) is 5.39 Å². The Labute approximate surface area is 191 Å². The highest BCUT2D eigenvalue weighted by atomic mass is 32.1. The van der Waals surface area contributed by atoms with Gasteiger partial charge in [-0.1, -0.05) is 6.07 Å². The highest BCUT2D eigenvalue weighted by molar-refractivity contribution is 7.18. The molecular formula is C21H23N5O6S. The largest absolute Gasteiger partial charge is 0.481 e. The number of carbonyl (C=O) groups excluding carboxylic acids is 1. The van der Waals surface area contributed by atoms with Gasteiger partial charge < -0.3 is 21.3 Å². The number of carboxylic acids is 2. The molecule has 1 amide bonds. The van der Waals surface area contributed by atoms with Gasteiger partial charge in [0.15, 0.2) is 0 Å². The smallest absolute Gasteiger partial charge is 0.326 e. The maximum Gasteiger partial charge on any atom is 0.326 e. The second-order valence-electron chi connectivity index (χ2n) is 7.44. The van der Waals surface area contributed by atoms with E-state index in [0.29, 0.717) is 10.2 Å². The normalized spacial score (nSPS) is 11.9. The maximum absolute atomic E-state index is 12.2. The van der Waals surface area contributed by atoms with Crippen LogP contribution in [0.25, 0.3) is 10.2 Å². The summed E-state index contributed by atoms with van der Waals surface area (Å²) in [6.07, 6.45) is 4.26. The molecule has 11 nitrogen and oxygen atoms in total. The number of carboxylic acid groups (broad SMARTS) is 2. The molecule has 12 heteroatoms. The molecule has 0 fully saturated rings. The average molecular weight is 474 g/mol. The Balaban J connectivity index is 1.48. The second-order valence-corrected chi connectivity index (χ2v) is 8.55. The number of aliphatic carboxylic acids is 2. The van der Waals surface area contributed by atoms with Crippen molar-refractivity contribution in [3.05, 3.63) is 50.9 Å². The molecule has 0 unspecified atom stereocenters. The van der Waals surface area contributed by atoms with Crippen molar-refractivity contribution in [2.45, 2.75) is 44.6 Å². The number of pyridine rings is 1. The first kappa shape index (κ1) is 23.9. The van der Waals surface area contributed by atoms with Crippen molar-refractivity contribution in [1.29, 1.82) is 0 Å². The Morgan fingerprint density at radius 3 is 2.61 bits per heavy atom. The molecule has 0 aliphatic rings. The summed E-state index contributed by atoms with van der Waals surface area (Å²) in [4.78, 5) is 58.4. The molecule has 0 spiro atoms. The molecule has 0 aliphatic carbocycles. The van der Waals surface area contributed by atoms with Crippen LogP contribution in [0.15, 0.2) is 29.2 Å². The number of aryl methyl sites for hydroxylation is 2. The molecule has 6 N–H and O–H groups in total. The number of unbranched alkanes of at least 4 members (excludes halogenated alkanes) is 1. The third-order valence-corrected chi connectivity index (χ3v) is 6.01. The van der Waals surface area contributed by atoms with E-state index >= 15 is 0 Å². The van der Waals surface area contributed by atoms with E-state index < -0.39 is 23.9 Å². The first-order chi connectivity index (χ1) is 15.7. The summed E-state index contributed by atoms with van der Waals surface area (Å²) in [5.74, 6) is -3.01. The van der Waals surface area contributed by atoms with Gasteiger partial charge in [-0.3, -0.25) is 24.4 Å². The molecule has 174 valence electrons. The van der Waals surface area contributed by atoms with Crippen LogP contribution in [-0.4, -0.2) is 49.1 Å². The van der Waals surface area contributed by atoms with Crippen LogP contribution in [0.4, 0.5) is 5.95 Å². The van der Waals surface area contributed by atoms with Crippen LogP contribution >= 0.6 is 11.3 Å². The van der Waals surface area contributed by atoms with Gasteiger partial charge in [-0.05, 0) is 49.8 Å². The number of nitrogens with one attached hydrogen (secondary N) is 2. The lowest BCUT2D eigenvalue weighted by atomic mass is 10.1. The standard InChI is InChI=1S/C21H23N5O6S/c22-21-25-17(29)13-9-12(33-19(13)26-21)4-2-1-3-11-5-6-14(23-10-11)18(30)24-15(20(31)32)7-8-16(27)28/h5-6,9-10,15H,1-4,7-8H2,(H,24,30)(H,27,28)(H,31,32)(H3,22,25,26,29)/t15-/m0/s1. The van der Waals surface area contributed by atoms with Gasteiger partial charge in [0.2, 0.25) is 5.95 Å². The number of nitrogens with two attached hydrogens (primary N) is 1. The lowest BCUT2D eigenvalue weighted by Gasteiger charge is -2.13. The molecule has 0 bridgehead atoms. The highest BCUT2D eigenvalue weighted by Gasteiger charge is 2.22. The number of nitrogens with zero attached hydrogens (tertiary/aromatic N) is 2. The van der Waals surface area contributed by atoms with Crippen molar-refractivity contribution in [2.75, 3.05) is 5.73 Å². The van der Waals surface area contributed by atoms with Gasteiger partial charge in [-0.2, -0.15) is 0 Å². The van der Waals surface area contributed by atoms with Gasteiger partial charge >= 0.3 is 11.9 Å². The van der Waals surface area contributed by atoms with Gasteiger partial charge in [0.1, 0.15) is 16.6 Å². The van der Waals surface area contributed by atoms with Crippen LogP contribution in [0.1, 0.15) is 46.6 Å². The summed E-state index contributed by atoms with van der Waals surface area (Å²) in [6, 6.07) is 3.79. The maximum atomic E-state index is 12.2. The summed E-state index contributed by atoms with van der Waals surface area (Å²) in [6.45, 7) is 0. The first-order valence-electron chi connectivity index (χ1n) is 10.2. The summed E-state index contributed by atoms with van der Waals surface area (Å²) >= 11 is 1.45. The van der Waals surface area contributed by atoms with Crippen molar-refractivity contribution in [1.82, 2.24) is 20.3 Å². The van der Waals surface area contributed by atoms with E-state index in [9.17, 15) is 19.2 Å². The molecule has 3 aromatic heterocycles. The Morgan fingerprint density at radius 1 is 1.18 bits per heavy atom. The molecule has 0 saturated carbocycles. The lowest BCUT2D eigenvalue weighted by Crippen LogP contribution is -2.41. The number of anilines is 1. The van der Waals surface area contributed by atoms with Gasteiger partial charge in [0, 0.05) is 17.5 Å². The average Bonchev–Trinajstić information content (AvgIpc) is 3.17. The number of fused-ring (bicyclic) bond motifs is 1. The Kier molecular flexibility index (Phi) is 7.72. The van der Waals surface area contributed by atoms with Gasteiger partial charge in [-0.25, -0.2) is 9.78 Å². The van der Waals surface area contributed by atoms with Crippen molar-refractivity contribution in [3.63, 3.8) is 0 Å². The van der Waals surface area contributed by atoms with Crippen LogP contribution in [0.2, 0.25) is 0 Å². The number of aromatic nitrogens is 3. The summed E-state index contributed by atoms with van der Waals surface area (Å²) < 4.78 is 0. The zero-order valence-corrected chi connectivity index (χ0v) is 18.4. The number of thiophene rings is 1. The van der Waals surface area contributed by atoms with E-state index in [-0.39, 0.29) is 30.0 Å². The molecule has 1 atom stereocenters. The van der Waals surface area contributed by atoms with Gasteiger partial charge in [-0.15, -0.1) is 11.3 Å². The quantitative estimate of drug-likeness (QED) is 0.257. The van der Waals surface area contributed by atoms with Crippen LogP contribution in [-0.2, 0) is 22.4 Å². The number of carbonyl (C=O) groups is 3. The molecule has 3 rings (SSSR count). The minimum absolute atomic E-state index is 0.0580. The summed E-state index contributed by atoms with van der Waals surface area (Å²) in [7, 11) is 0. The van der Waals surface area contributed by atoms with E-state index in [4.69, 9.17) is 15.9 Å². The number of hydrogen-bond donors (Lipinski definition) is 5. The Hall–Kier alpha value is -3.80. The van der Waals surface area contributed by atoms with Crippen molar-refractivity contribution < 1.29 is 24.6 Å². The van der Waals surface area contributed by atoms with Crippen LogP contribution in [0, 0.1) is 0 Å². The molecule has 0 radical (unpaired) electrons. The lowest BCUT2D eigenvalue weighted by molar-refractivity contribution is -0.140. The van der Waals surface area contributed by atoms with E-state index in [1.165, 1.54) is 17.4 Å². The fourth-order valence-electron chi connectivity index (χ4n) is 3.21. The van der Waals surface area contributed by atoms with Crippen LogP contribution in [0.3, 0.4) is 0 Å². The van der Waals surface area contributed by atoms with E-state index in [1.807, 2.05) is 6.07 Å². The van der Waals surface area contributed by atoms with E-state index in [1.54, 1.807) is 12.3 Å². The number of amides is 1. The molecule has 0 saturated heterocycles. The predicted molar refractivity (Wildman–Crippen MR) is 121 cm³/mol. The molecule has 33 heavy (non-hydrogen) atoms. The first-order valence-corrected chi connectivity index (χ1v) is 11.0. The topological polar surface area (TPSA) is 188 Å². The number of aromatic amines is 1. The molecule has 3 heterocycles. The summed E-state index contributed by atoms with van der Waals surface area (Å²) in [5.41, 5.74) is 6.31. The molecule has 0 aromatic carbocycles. The third-order valence-electron chi connectivity index (χ3n) is 4.92. The van der Waals surface area contributed by atoms with Crippen LogP contribution in [0.5, 0.6) is 0 Å². The monoisotopic (exact) mass is 473 g/mol. The fraction of sp³-hybridized carbons (Fsp3) is 0.333. The van der Waals surface area contributed by atoms with Crippen LogP contribution < -0.4 is 16.6 Å². The van der Waals surface area contributed by atoms with Gasteiger partial charge in [0.25, 0.3) is 11.5 Å². The zero-order chi connectivity index (χ0) is 24.0. The minimum Gasteiger partial charge on any atom is -0.481 e. The van der Waals surface area contributed by atoms with Crippen molar-refractivity contribution in [2.24, 2.45) is 0 Å². The van der Waals surface area contributed by atoms with Crippen molar-refractivity contribution >= 4 is 45.3 Å². The van der Waals surface area contributed by atoms with E-state index in [0.717, 1.165) is 36.1 Å². The molecule has 3 aromatic rings. The predicted octanol–water partition coefficient (Wildman–Crippen LogP) is 1.57.